The van der Waals surface area contributed by atoms with Gasteiger partial charge in [0, 0.05) is 29.9 Å². The number of aromatic nitrogens is 2. The van der Waals surface area contributed by atoms with Crippen molar-refractivity contribution in [2.75, 3.05) is 11.1 Å². The SMILES string of the molecule is C=CCn1c(-c2cccc([N+](=O)[O-])c2)cnc1SCC(=O)Nc1ccccc1. The molecule has 0 aliphatic heterocycles. The van der Waals surface area contributed by atoms with Crippen molar-refractivity contribution < 1.29 is 9.72 Å². The third kappa shape index (κ3) is 4.66. The fraction of sp³-hybridized carbons (Fsp3) is 0.100. The van der Waals surface area contributed by atoms with Gasteiger partial charge in [0.05, 0.1) is 22.6 Å². The van der Waals surface area contributed by atoms with Crippen LogP contribution in [0.3, 0.4) is 0 Å². The standard InChI is InChI=1S/C20H18N4O3S/c1-2-11-23-18(15-7-6-10-17(12-15)24(26)27)13-21-20(23)28-14-19(25)22-16-8-4-3-5-9-16/h2-10,12-13H,1,11,14H2,(H,22,25). The molecule has 142 valence electrons. The summed E-state index contributed by atoms with van der Waals surface area (Å²) in [6, 6.07) is 15.6. The Hall–Kier alpha value is -3.39. The molecule has 1 aromatic heterocycles. The van der Waals surface area contributed by atoms with E-state index in [-0.39, 0.29) is 17.3 Å². The van der Waals surface area contributed by atoms with Crippen molar-refractivity contribution in [3.05, 3.63) is 83.6 Å². The summed E-state index contributed by atoms with van der Waals surface area (Å²) in [6.45, 7) is 4.24. The minimum absolute atomic E-state index is 0.0142. The van der Waals surface area contributed by atoms with Gasteiger partial charge < -0.3 is 9.88 Å². The van der Waals surface area contributed by atoms with Crippen LogP contribution in [-0.2, 0) is 11.3 Å². The number of amides is 1. The lowest BCUT2D eigenvalue weighted by molar-refractivity contribution is -0.384. The molecule has 8 heteroatoms. The van der Waals surface area contributed by atoms with E-state index < -0.39 is 4.92 Å². The number of para-hydroxylation sites is 1. The van der Waals surface area contributed by atoms with Crippen LogP contribution in [0.25, 0.3) is 11.3 Å². The topological polar surface area (TPSA) is 90.1 Å². The van der Waals surface area contributed by atoms with Crippen molar-refractivity contribution >= 4 is 29.0 Å². The van der Waals surface area contributed by atoms with Crippen molar-refractivity contribution in [2.45, 2.75) is 11.7 Å². The van der Waals surface area contributed by atoms with Crippen molar-refractivity contribution in [1.29, 1.82) is 0 Å². The number of hydrogen-bond donors (Lipinski definition) is 1. The molecule has 0 saturated carbocycles. The Balaban J connectivity index is 1.77. The molecule has 1 heterocycles. The van der Waals surface area contributed by atoms with Gasteiger partial charge >= 0.3 is 0 Å². The summed E-state index contributed by atoms with van der Waals surface area (Å²) in [5.74, 6) is 0.0542. The zero-order valence-electron chi connectivity index (χ0n) is 14.9. The summed E-state index contributed by atoms with van der Waals surface area (Å²) in [5.41, 5.74) is 2.17. The summed E-state index contributed by atoms with van der Waals surface area (Å²) in [4.78, 5) is 27.2. The summed E-state index contributed by atoms with van der Waals surface area (Å²) in [5, 5.41) is 14.5. The quantitative estimate of drug-likeness (QED) is 0.265. The lowest BCUT2D eigenvalue weighted by Crippen LogP contribution is -2.14. The van der Waals surface area contributed by atoms with E-state index in [9.17, 15) is 14.9 Å². The van der Waals surface area contributed by atoms with Gasteiger partial charge in [-0.2, -0.15) is 0 Å². The monoisotopic (exact) mass is 394 g/mol. The van der Waals surface area contributed by atoms with E-state index in [1.807, 2.05) is 34.9 Å². The smallest absolute Gasteiger partial charge is 0.270 e. The highest BCUT2D eigenvalue weighted by Crippen LogP contribution is 2.28. The number of anilines is 1. The Kier molecular flexibility index (Phi) is 6.23. The Morgan fingerprint density at radius 3 is 2.75 bits per heavy atom. The molecule has 0 bridgehead atoms. The molecule has 7 nitrogen and oxygen atoms in total. The lowest BCUT2D eigenvalue weighted by atomic mass is 10.1. The van der Waals surface area contributed by atoms with E-state index in [4.69, 9.17) is 0 Å². The van der Waals surface area contributed by atoms with Crippen LogP contribution in [-0.4, -0.2) is 26.1 Å². The van der Waals surface area contributed by atoms with Crippen LogP contribution in [0.2, 0.25) is 0 Å². The van der Waals surface area contributed by atoms with Gasteiger partial charge in [0.15, 0.2) is 5.16 Å². The van der Waals surface area contributed by atoms with Crippen LogP contribution in [0.4, 0.5) is 11.4 Å². The number of allylic oxidation sites excluding steroid dienone is 1. The summed E-state index contributed by atoms with van der Waals surface area (Å²) in [6.07, 6.45) is 3.37. The third-order valence-corrected chi connectivity index (χ3v) is 4.86. The molecular weight excluding hydrogens is 376 g/mol. The largest absolute Gasteiger partial charge is 0.325 e. The minimum atomic E-state index is -0.429. The van der Waals surface area contributed by atoms with Gasteiger partial charge in [0.2, 0.25) is 5.91 Å². The fourth-order valence-electron chi connectivity index (χ4n) is 2.64. The number of rotatable bonds is 8. The second-order valence-corrected chi connectivity index (χ2v) is 6.78. The van der Waals surface area contributed by atoms with Crippen molar-refractivity contribution in [1.82, 2.24) is 9.55 Å². The van der Waals surface area contributed by atoms with E-state index in [1.165, 1.54) is 23.9 Å². The number of non-ortho nitro benzene ring substituents is 1. The Labute approximate surface area is 166 Å². The van der Waals surface area contributed by atoms with Crippen molar-refractivity contribution in [3.8, 4) is 11.3 Å². The molecular formula is C20H18N4O3S. The molecule has 1 amide bonds. The number of carbonyl (C=O) groups excluding carboxylic acids is 1. The molecule has 0 saturated heterocycles. The number of nitro groups is 1. The Bertz CT molecular complexity index is 1000. The average Bonchev–Trinajstić information content (AvgIpc) is 3.10. The maximum Gasteiger partial charge on any atom is 0.270 e. The Morgan fingerprint density at radius 1 is 1.25 bits per heavy atom. The van der Waals surface area contributed by atoms with Crippen LogP contribution >= 0.6 is 11.8 Å². The number of nitrogens with one attached hydrogen (secondary N) is 1. The highest BCUT2D eigenvalue weighted by atomic mass is 32.2. The summed E-state index contributed by atoms with van der Waals surface area (Å²) >= 11 is 1.30. The zero-order chi connectivity index (χ0) is 19.9. The highest BCUT2D eigenvalue weighted by Gasteiger charge is 2.15. The van der Waals surface area contributed by atoms with Crippen molar-refractivity contribution in [2.24, 2.45) is 0 Å². The number of nitrogens with zero attached hydrogens (tertiary/aromatic N) is 3. The average molecular weight is 394 g/mol. The fourth-order valence-corrected chi connectivity index (χ4v) is 3.43. The number of thioether (sulfide) groups is 1. The normalized spacial score (nSPS) is 10.4. The molecule has 0 aliphatic rings. The molecule has 0 aliphatic carbocycles. The second-order valence-electron chi connectivity index (χ2n) is 5.84. The molecule has 0 unspecified atom stereocenters. The first kappa shape index (κ1) is 19.4. The Morgan fingerprint density at radius 2 is 2.04 bits per heavy atom. The van der Waals surface area contributed by atoms with Gasteiger partial charge in [-0.25, -0.2) is 4.98 Å². The number of benzene rings is 2. The maximum absolute atomic E-state index is 12.2. The molecule has 2 aromatic carbocycles. The summed E-state index contributed by atoms with van der Waals surface area (Å²) < 4.78 is 1.88. The van der Waals surface area contributed by atoms with Gasteiger partial charge in [-0.1, -0.05) is 48.2 Å². The van der Waals surface area contributed by atoms with Gasteiger partial charge in [0.25, 0.3) is 5.69 Å². The van der Waals surface area contributed by atoms with Crippen LogP contribution in [0, 0.1) is 10.1 Å². The van der Waals surface area contributed by atoms with Crippen LogP contribution in [0.15, 0.2) is 78.6 Å². The first-order valence-electron chi connectivity index (χ1n) is 8.47. The predicted octanol–water partition coefficient (Wildman–Crippen LogP) is 4.38. The zero-order valence-corrected chi connectivity index (χ0v) is 15.8. The van der Waals surface area contributed by atoms with Gasteiger partial charge in [0.1, 0.15) is 0 Å². The van der Waals surface area contributed by atoms with Gasteiger partial charge in [-0.05, 0) is 12.1 Å². The number of hydrogen-bond acceptors (Lipinski definition) is 5. The summed E-state index contributed by atoms with van der Waals surface area (Å²) in [7, 11) is 0. The van der Waals surface area contributed by atoms with E-state index in [1.54, 1.807) is 24.4 Å². The van der Waals surface area contributed by atoms with Gasteiger partial charge in [-0.15, -0.1) is 6.58 Å². The molecule has 0 radical (unpaired) electrons. The number of nitro benzene ring substituents is 1. The first-order valence-corrected chi connectivity index (χ1v) is 9.46. The highest BCUT2D eigenvalue weighted by molar-refractivity contribution is 7.99. The van der Waals surface area contributed by atoms with E-state index >= 15 is 0 Å². The van der Waals surface area contributed by atoms with Crippen molar-refractivity contribution in [3.63, 3.8) is 0 Å². The van der Waals surface area contributed by atoms with Crippen LogP contribution < -0.4 is 5.32 Å². The minimum Gasteiger partial charge on any atom is -0.325 e. The molecule has 0 atom stereocenters. The predicted molar refractivity (Wildman–Crippen MR) is 110 cm³/mol. The number of carbonyl (C=O) groups is 1. The van der Waals surface area contributed by atoms with Gasteiger partial charge in [-0.3, -0.25) is 14.9 Å². The second kappa shape index (κ2) is 9.01. The van der Waals surface area contributed by atoms with E-state index in [0.717, 1.165) is 11.4 Å². The first-order chi connectivity index (χ1) is 13.6. The maximum atomic E-state index is 12.2. The molecule has 1 N–H and O–H groups in total. The number of imidazole rings is 1. The lowest BCUT2D eigenvalue weighted by Gasteiger charge is -2.10. The van der Waals surface area contributed by atoms with E-state index in [2.05, 4.69) is 16.9 Å². The molecule has 28 heavy (non-hydrogen) atoms. The third-order valence-electron chi connectivity index (χ3n) is 3.87. The van der Waals surface area contributed by atoms with Crippen LogP contribution in [0.1, 0.15) is 0 Å². The molecule has 0 fully saturated rings. The van der Waals surface area contributed by atoms with E-state index in [0.29, 0.717) is 17.3 Å². The van der Waals surface area contributed by atoms with Crippen LogP contribution in [0.5, 0.6) is 0 Å². The molecule has 3 aromatic rings. The molecule has 0 spiro atoms. The molecule has 3 rings (SSSR count).